The van der Waals surface area contributed by atoms with Crippen LogP contribution in [0.1, 0.15) is 22.1 Å². The molecule has 0 radical (unpaired) electrons. The molecular weight excluding hydrogens is 516 g/mol. The Hall–Kier alpha value is -5.46. The van der Waals surface area contributed by atoms with Gasteiger partial charge in [-0.15, -0.1) is 0 Å². The molecule has 0 spiro atoms. The second kappa shape index (κ2) is 9.54. The van der Waals surface area contributed by atoms with Gasteiger partial charge in [-0.2, -0.15) is 0 Å². The van der Waals surface area contributed by atoms with Crippen LogP contribution in [-0.4, -0.2) is 0 Å². The van der Waals surface area contributed by atoms with Crippen LogP contribution < -0.4 is 0 Å². The molecule has 0 heterocycles. The number of fused-ring (bicyclic) bond motifs is 10. The molecular formula is C43H28. The monoisotopic (exact) mass is 552 g/mol. The van der Waals surface area contributed by atoms with Crippen LogP contribution >= 0.6 is 0 Å². The Morgan fingerprint density at radius 1 is 0.395 bits per heavy atom. The van der Waals surface area contributed by atoms with Gasteiger partial charge >= 0.3 is 0 Å². The molecule has 43 heavy (non-hydrogen) atoms. The van der Waals surface area contributed by atoms with E-state index in [9.17, 15) is 5.48 Å². The molecule has 9 aromatic rings. The number of rotatable bonds is 3. The SMILES string of the molecule is [2H]c1c([2H])c([2H])c2c(-c3ccccc3)c3c([2H])c([2H])c([2H])c([2H])c3c(Cc3cc4c5ccccc5c5ccccc5c4c4ccccc34)c2c1[2H]. The zero-order valence-corrected chi connectivity index (χ0v) is 23.1. The molecule has 0 aliphatic heterocycles. The Labute approximate surface area is 261 Å². The van der Waals surface area contributed by atoms with E-state index in [0.29, 0.717) is 16.7 Å². The van der Waals surface area contributed by atoms with Gasteiger partial charge in [0.2, 0.25) is 0 Å². The molecule has 0 unspecified atom stereocenters. The van der Waals surface area contributed by atoms with Gasteiger partial charge < -0.3 is 0 Å². The predicted octanol–water partition coefficient (Wildman–Crippen LogP) is 11.9. The smallest absolute Gasteiger partial charge is 0.0622 e. The maximum absolute atomic E-state index is 9.30. The van der Waals surface area contributed by atoms with E-state index in [1.807, 2.05) is 60.7 Å². The molecule has 0 atom stereocenters. The number of hydrogen-bond acceptors (Lipinski definition) is 0. The van der Waals surface area contributed by atoms with Crippen LogP contribution in [0.4, 0.5) is 0 Å². The van der Waals surface area contributed by atoms with Crippen molar-refractivity contribution < 1.29 is 11.0 Å². The van der Waals surface area contributed by atoms with Crippen LogP contribution in [0.3, 0.4) is 0 Å². The first-order valence-electron chi connectivity index (χ1n) is 18.4. The minimum atomic E-state index is -0.398. The third-order valence-electron chi connectivity index (χ3n) is 8.74. The second-order valence-corrected chi connectivity index (χ2v) is 11.0. The van der Waals surface area contributed by atoms with Gasteiger partial charge in [-0.25, -0.2) is 0 Å². The topological polar surface area (TPSA) is 0 Å². The van der Waals surface area contributed by atoms with Crippen molar-refractivity contribution in [3.63, 3.8) is 0 Å². The highest BCUT2D eigenvalue weighted by molar-refractivity contribution is 6.31. The minimum Gasteiger partial charge on any atom is -0.0622 e. The Bertz CT molecular complexity index is 2890. The van der Waals surface area contributed by atoms with Crippen molar-refractivity contribution in [1.29, 1.82) is 0 Å². The summed E-state index contributed by atoms with van der Waals surface area (Å²) in [5.74, 6) is 0. The van der Waals surface area contributed by atoms with E-state index in [1.54, 1.807) is 0 Å². The molecule has 0 saturated carbocycles. The van der Waals surface area contributed by atoms with Gasteiger partial charge in [0.25, 0.3) is 0 Å². The molecule has 0 saturated heterocycles. The molecule has 0 aliphatic carbocycles. The van der Waals surface area contributed by atoms with E-state index in [4.69, 9.17) is 5.48 Å². The number of hydrogen-bond donors (Lipinski definition) is 0. The van der Waals surface area contributed by atoms with Crippen LogP contribution in [-0.2, 0) is 6.42 Å². The molecule has 0 amide bonds. The summed E-state index contributed by atoms with van der Waals surface area (Å²) in [6.07, 6.45) is 0.157. The average molecular weight is 553 g/mol. The largest absolute Gasteiger partial charge is 0.0629 e. The molecule has 0 heteroatoms. The molecule has 9 aromatic carbocycles. The summed E-state index contributed by atoms with van der Waals surface area (Å²) in [5.41, 5.74) is 2.29. The van der Waals surface area contributed by atoms with E-state index in [2.05, 4.69) is 48.5 Å². The van der Waals surface area contributed by atoms with Gasteiger partial charge in [-0.05, 0) is 99.4 Å². The van der Waals surface area contributed by atoms with E-state index >= 15 is 0 Å². The molecule has 0 fully saturated rings. The maximum Gasteiger partial charge on any atom is 0.0629 e. The Morgan fingerprint density at radius 2 is 0.837 bits per heavy atom. The highest BCUT2D eigenvalue weighted by atomic mass is 14.2. The third-order valence-corrected chi connectivity index (χ3v) is 8.74. The van der Waals surface area contributed by atoms with Crippen molar-refractivity contribution in [2.45, 2.75) is 6.42 Å². The van der Waals surface area contributed by atoms with Crippen molar-refractivity contribution in [1.82, 2.24) is 0 Å². The summed E-state index contributed by atoms with van der Waals surface area (Å²) in [6, 6.07) is 33.5. The molecule has 0 N–H and O–H groups in total. The summed E-state index contributed by atoms with van der Waals surface area (Å²) >= 11 is 0. The van der Waals surface area contributed by atoms with Crippen molar-refractivity contribution in [2.75, 3.05) is 0 Å². The van der Waals surface area contributed by atoms with Gasteiger partial charge in [0.05, 0.1) is 11.0 Å². The normalized spacial score (nSPS) is 14.4. The van der Waals surface area contributed by atoms with Crippen molar-refractivity contribution in [3.8, 4) is 11.1 Å². The highest BCUT2D eigenvalue weighted by Crippen LogP contribution is 2.43. The van der Waals surface area contributed by atoms with E-state index in [1.165, 1.54) is 0 Å². The van der Waals surface area contributed by atoms with E-state index in [0.717, 1.165) is 48.7 Å². The average Bonchev–Trinajstić information content (AvgIpc) is 3.17. The van der Waals surface area contributed by atoms with Gasteiger partial charge in [-0.3, -0.25) is 0 Å². The van der Waals surface area contributed by atoms with Crippen LogP contribution in [0.5, 0.6) is 0 Å². The van der Waals surface area contributed by atoms with Crippen LogP contribution in [0.15, 0.2) is 158 Å². The second-order valence-electron chi connectivity index (χ2n) is 11.0. The lowest BCUT2D eigenvalue weighted by atomic mass is 9.84. The summed E-state index contributed by atoms with van der Waals surface area (Å²) in [7, 11) is 0. The lowest BCUT2D eigenvalue weighted by molar-refractivity contribution is 1.26. The quantitative estimate of drug-likeness (QED) is 0.151. The zero-order chi connectivity index (χ0) is 35.3. The first kappa shape index (κ1) is 17.5. The van der Waals surface area contributed by atoms with Gasteiger partial charge in [0.1, 0.15) is 0 Å². The molecule has 0 nitrogen and oxygen atoms in total. The van der Waals surface area contributed by atoms with Crippen molar-refractivity contribution in [2.24, 2.45) is 0 Å². The summed E-state index contributed by atoms with van der Waals surface area (Å²) < 4.78 is 71.9. The lowest BCUT2D eigenvalue weighted by Gasteiger charge is -2.19. The van der Waals surface area contributed by atoms with Crippen molar-refractivity contribution >= 4 is 64.6 Å². The fourth-order valence-electron chi connectivity index (χ4n) is 6.95. The lowest BCUT2D eigenvalue weighted by Crippen LogP contribution is -1.97. The first-order valence-corrected chi connectivity index (χ1v) is 14.4. The fraction of sp³-hybridized carbons (Fsp3) is 0.0233. The molecule has 0 aliphatic rings. The Balaban J connectivity index is 1.51. The predicted molar refractivity (Wildman–Crippen MR) is 186 cm³/mol. The summed E-state index contributed by atoms with van der Waals surface area (Å²) in [4.78, 5) is 0. The maximum atomic E-state index is 9.30. The highest BCUT2D eigenvalue weighted by Gasteiger charge is 2.18. The Morgan fingerprint density at radius 3 is 1.44 bits per heavy atom. The fourth-order valence-corrected chi connectivity index (χ4v) is 6.95. The van der Waals surface area contributed by atoms with Gasteiger partial charge in [0.15, 0.2) is 0 Å². The van der Waals surface area contributed by atoms with Gasteiger partial charge in [0, 0.05) is 0 Å². The molecule has 0 bridgehead atoms. The zero-order valence-electron chi connectivity index (χ0n) is 31.1. The van der Waals surface area contributed by atoms with Crippen LogP contribution in [0.2, 0.25) is 0 Å². The summed E-state index contributed by atoms with van der Waals surface area (Å²) in [6.45, 7) is 0. The number of benzene rings is 9. The minimum absolute atomic E-state index is 0.157. The van der Waals surface area contributed by atoms with Gasteiger partial charge in [-0.1, -0.05) is 151 Å². The molecule has 9 rings (SSSR count). The molecule has 0 aromatic heterocycles. The standard InChI is InChI=1S/C43H28/c1-2-14-28(15-3-1)42-37-23-11-8-20-34(37)40(35-21-9-12-24-38(35)42)26-29-27-41-33-19-6-5-17-31(33)32-18-7-13-25-39(32)43(41)36-22-10-4-16-30(29)36/h1-25,27H,26H2/i8D,9D,11D,12D,20D,21D,23D,24D. The van der Waals surface area contributed by atoms with Crippen LogP contribution in [0.25, 0.3) is 75.8 Å². The van der Waals surface area contributed by atoms with Crippen LogP contribution in [0, 0.1) is 0 Å². The van der Waals surface area contributed by atoms with E-state index in [-0.39, 0.29) is 52.1 Å². The summed E-state index contributed by atoms with van der Waals surface area (Å²) in [5, 5.41) is 9.60. The first-order chi connectivity index (χ1) is 24.7. The van der Waals surface area contributed by atoms with Crippen molar-refractivity contribution in [3.05, 3.63) is 169 Å². The third kappa shape index (κ3) is 3.63. The Kier molecular flexibility index (Phi) is 3.88. The van der Waals surface area contributed by atoms with E-state index < -0.39 is 24.2 Å². The molecule has 200 valence electrons.